The molecule has 1 saturated heterocycles. The molecule has 2 aromatic rings. The molecule has 1 heterocycles. The van der Waals surface area contributed by atoms with Crippen molar-refractivity contribution in [1.82, 2.24) is 4.90 Å². The Hall–Kier alpha value is -3.61. The molecule has 1 unspecified atom stereocenters. The van der Waals surface area contributed by atoms with Crippen molar-refractivity contribution >= 4 is 23.4 Å². The molecule has 1 atom stereocenters. The number of ketones is 1. The molecule has 30 heavy (non-hydrogen) atoms. The smallest absolute Gasteiger partial charge is 0.305 e. The number of carbonyl (C=O) groups is 3. The zero-order valence-electron chi connectivity index (χ0n) is 16.8. The Morgan fingerprint density at radius 1 is 1.03 bits per heavy atom. The number of likely N-dealkylation sites (tertiary alicyclic amines) is 1. The van der Waals surface area contributed by atoms with Gasteiger partial charge in [0.25, 0.3) is 11.7 Å². The Balaban J connectivity index is 2.11. The molecule has 0 aliphatic carbocycles. The fourth-order valence-electron chi connectivity index (χ4n) is 3.45. The molecular weight excluding hydrogens is 386 g/mol. The molecule has 7 nitrogen and oxygen atoms in total. The van der Waals surface area contributed by atoms with E-state index in [0.29, 0.717) is 23.5 Å². The van der Waals surface area contributed by atoms with Crippen LogP contribution in [0.2, 0.25) is 0 Å². The number of carbonyl (C=O) groups excluding carboxylic acids is 2. The lowest BCUT2D eigenvalue weighted by atomic mass is 9.95. The number of aliphatic hydroxyl groups is 1. The number of amides is 1. The van der Waals surface area contributed by atoms with Crippen molar-refractivity contribution in [1.29, 1.82) is 0 Å². The molecule has 1 aliphatic rings. The number of hydrogen-bond donors (Lipinski definition) is 2. The van der Waals surface area contributed by atoms with Crippen molar-refractivity contribution in [2.45, 2.75) is 26.3 Å². The molecule has 7 heteroatoms. The first-order valence-electron chi connectivity index (χ1n) is 9.63. The third-order valence-corrected chi connectivity index (χ3v) is 4.94. The summed E-state index contributed by atoms with van der Waals surface area (Å²) in [5.74, 6) is -2.41. The van der Waals surface area contributed by atoms with E-state index in [-0.39, 0.29) is 24.3 Å². The minimum atomic E-state index is -1.08. The van der Waals surface area contributed by atoms with E-state index in [0.717, 1.165) is 5.56 Å². The first-order valence-corrected chi connectivity index (χ1v) is 9.63. The number of carboxylic acids is 1. The highest BCUT2D eigenvalue weighted by Crippen LogP contribution is 2.39. The fourth-order valence-corrected chi connectivity index (χ4v) is 3.45. The van der Waals surface area contributed by atoms with Crippen LogP contribution in [0.5, 0.6) is 5.75 Å². The van der Waals surface area contributed by atoms with Crippen LogP contribution in [0.1, 0.15) is 36.1 Å². The average molecular weight is 409 g/mol. The maximum absolute atomic E-state index is 12.8. The number of benzene rings is 2. The number of aryl methyl sites for hydroxylation is 1. The Morgan fingerprint density at radius 3 is 2.23 bits per heavy atom. The Bertz CT molecular complexity index is 991. The quantitative estimate of drug-likeness (QED) is 0.413. The van der Waals surface area contributed by atoms with Crippen molar-refractivity contribution < 1.29 is 29.3 Å². The maximum Gasteiger partial charge on any atom is 0.305 e. The van der Waals surface area contributed by atoms with Gasteiger partial charge in [0, 0.05) is 12.1 Å². The van der Waals surface area contributed by atoms with Crippen LogP contribution >= 0.6 is 0 Å². The van der Waals surface area contributed by atoms with E-state index in [9.17, 15) is 19.5 Å². The molecule has 1 fully saturated rings. The molecule has 0 spiro atoms. The summed E-state index contributed by atoms with van der Waals surface area (Å²) in [6.45, 7) is 4.09. The van der Waals surface area contributed by atoms with Crippen molar-refractivity contribution in [3.8, 4) is 5.75 Å². The molecular formula is C23H23NO6. The van der Waals surface area contributed by atoms with Crippen LogP contribution in [0.3, 0.4) is 0 Å². The van der Waals surface area contributed by atoms with Gasteiger partial charge in [-0.15, -0.1) is 0 Å². The predicted molar refractivity (Wildman–Crippen MR) is 110 cm³/mol. The Kier molecular flexibility index (Phi) is 6.20. The SMILES string of the molecule is CCOc1ccc(C2/C(=C(\O)c3ccc(C)cc3)C(=O)C(=O)N2CCC(=O)O)cc1. The number of aliphatic hydroxyl groups excluding tert-OH is 1. The summed E-state index contributed by atoms with van der Waals surface area (Å²) in [5.41, 5.74) is 1.92. The van der Waals surface area contributed by atoms with Gasteiger partial charge in [-0.25, -0.2) is 0 Å². The van der Waals surface area contributed by atoms with E-state index in [1.165, 1.54) is 4.90 Å². The summed E-state index contributed by atoms with van der Waals surface area (Å²) >= 11 is 0. The van der Waals surface area contributed by atoms with E-state index in [4.69, 9.17) is 9.84 Å². The molecule has 0 radical (unpaired) electrons. The highest BCUT2D eigenvalue weighted by Gasteiger charge is 2.46. The summed E-state index contributed by atoms with van der Waals surface area (Å²) in [7, 11) is 0. The highest BCUT2D eigenvalue weighted by atomic mass is 16.5. The van der Waals surface area contributed by atoms with Gasteiger partial charge in [-0.1, -0.05) is 42.0 Å². The molecule has 0 saturated carbocycles. The van der Waals surface area contributed by atoms with Gasteiger partial charge in [0.1, 0.15) is 11.5 Å². The fraction of sp³-hybridized carbons (Fsp3) is 0.261. The zero-order valence-corrected chi connectivity index (χ0v) is 16.8. The predicted octanol–water partition coefficient (Wildman–Crippen LogP) is 3.29. The average Bonchev–Trinajstić information content (AvgIpc) is 2.98. The van der Waals surface area contributed by atoms with Crippen LogP contribution in [0.25, 0.3) is 5.76 Å². The highest BCUT2D eigenvalue weighted by molar-refractivity contribution is 6.46. The number of Topliss-reactive ketones (excluding diaryl/α,β-unsaturated/α-hetero) is 1. The number of hydrogen-bond acceptors (Lipinski definition) is 5. The van der Waals surface area contributed by atoms with E-state index < -0.39 is 23.7 Å². The third kappa shape index (κ3) is 4.20. The van der Waals surface area contributed by atoms with Gasteiger partial charge in [-0.2, -0.15) is 0 Å². The van der Waals surface area contributed by atoms with Crippen molar-refractivity contribution in [2.75, 3.05) is 13.2 Å². The number of aliphatic carboxylic acids is 1. The molecule has 2 aromatic carbocycles. The first kappa shape index (κ1) is 21.1. The lowest BCUT2D eigenvalue weighted by molar-refractivity contribution is -0.142. The molecule has 3 rings (SSSR count). The van der Waals surface area contributed by atoms with Crippen molar-refractivity contribution in [3.63, 3.8) is 0 Å². The van der Waals surface area contributed by atoms with Crippen LogP contribution in [0.4, 0.5) is 0 Å². The van der Waals surface area contributed by atoms with Gasteiger partial charge >= 0.3 is 5.97 Å². The summed E-state index contributed by atoms with van der Waals surface area (Å²) in [5, 5.41) is 20.0. The summed E-state index contributed by atoms with van der Waals surface area (Å²) in [6.07, 6.45) is -0.314. The summed E-state index contributed by atoms with van der Waals surface area (Å²) in [6, 6.07) is 12.9. The van der Waals surface area contributed by atoms with E-state index in [1.807, 2.05) is 13.8 Å². The number of ether oxygens (including phenoxy) is 1. The molecule has 0 aromatic heterocycles. The standard InChI is InChI=1S/C23H23NO6/c1-3-30-17-10-8-15(9-11-17)20-19(21(27)16-6-4-14(2)5-7-16)22(28)23(29)24(20)13-12-18(25)26/h4-11,20,27H,3,12-13H2,1-2H3,(H,25,26)/b21-19+. The molecule has 0 bridgehead atoms. The van der Waals surface area contributed by atoms with Crippen LogP contribution in [-0.4, -0.2) is 45.9 Å². The largest absolute Gasteiger partial charge is 0.507 e. The van der Waals surface area contributed by atoms with Crippen molar-refractivity contribution in [3.05, 3.63) is 70.8 Å². The monoisotopic (exact) mass is 409 g/mol. The van der Waals surface area contributed by atoms with Gasteiger partial charge in [-0.3, -0.25) is 14.4 Å². The second-order valence-electron chi connectivity index (χ2n) is 7.00. The van der Waals surface area contributed by atoms with E-state index >= 15 is 0 Å². The number of nitrogens with zero attached hydrogens (tertiary/aromatic N) is 1. The van der Waals surface area contributed by atoms with Crippen LogP contribution < -0.4 is 4.74 Å². The second-order valence-corrected chi connectivity index (χ2v) is 7.00. The molecule has 2 N–H and O–H groups in total. The van der Waals surface area contributed by atoms with Gasteiger partial charge in [0.05, 0.1) is 24.6 Å². The lowest BCUT2D eigenvalue weighted by Gasteiger charge is -2.25. The van der Waals surface area contributed by atoms with Crippen LogP contribution in [0.15, 0.2) is 54.1 Å². The number of carboxylic acid groups (broad SMARTS) is 1. The lowest BCUT2D eigenvalue weighted by Crippen LogP contribution is -2.31. The van der Waals surface area contributed by atoms with Gasteiger partial charge in [0.2, 0.25) is 0 Å². The maximum atomic E-state index is 12.8. The van der Waals surface area contributed by atoms with Crippen LogP contribution in [0, 0.1) is 6.92 Å². The third-order valence-electron chi connectivity index (χ3n) is 4.94. The second kappa shape index (κ2) is 8.82. The van der Waals surface area contributed by atoms with Gasteiger partial charge in [-0.05, 0) is 31.5 Å². The topological polar surface area (TPSA) is 104 Å². The minimum Gasteiger partial charge on any atom is -0.507 e. The van der Waals surface area contributed by atoms with Crippen LogP contribution in [-0.2, 0) is 14.4 Å². The van der Waals surface area contributed by atoms with Gasteiger partial charge in [0.15, 0.2) is 0 Å². The van der Waals surface area contributed by atoms with E-state index in [1.54, 1.807) is 48.5 Å². The van der Waals surface area contributed by atoms with Gasteiger partial charge < -0.3 is 19.8 Å². The Labute approximate surface area is 174 Å². The Morgan fingerprint density at radius 2 is 1.67 bits per heavy atom. The molecule has 1 amide bonds. The first-order chi connectivity index (χ1) is 14.3. The van der Waals surface area contributed by atoms with Crippen molar-refractivity contribution in [2.24, 2.45) is 0 Å². The number of rotatable bonds is 7. The molecule has 156 valence electrons. The normalized spacial score (nSPS) is 17.9. The minimum absolute atomic E-state index is 0.0570. The summed E-state index contributed by atoms with van der Waals surface area (Å²) in [4.78, 5) is 37.8. The zero-order chi connectivity index (χ0) is 21.8. The van der Waals surface area contributed by atoms with E-state index in [2.05, 4.69) is 0 Å². The summed E-state index contributed by atoms with van der Waals surface area (Å²) < 4.78 is 5.44. The molecule has 1 aliphatic heterocycles.